The number of nitrogens with zero attached hydrogens (tertiary/aromatic N) is 2. The molecule has 0 aliphatic rings. The van der Waals surface area contributed by atoms with Crippen LogP contribution in [0.15, 0.2) is 48.5 Å². The van der Waals surface area contributed by atoms with Gasteiger partial charge < -0.3 is 16.2 Å². The molecule has 0 saturated carbocycles. The van der Waals surface area contributed by atoms with E-state index in [0.29, 0.717) is 5.69 Å². The second-order valence-electron chi connectivity index (χ2n) is 5.46. The van der Waals surface area contributed by atoms with Gasteiger partial charge in [0.25, 0.3) is 5.91 Å². The number of anilines is 2. The van der Waals surface area contributed by atoms with Crippen molar-refractivity contribution in [1.82, 2.24) is 10.2 Å². The van der Waals surface area contributed by atoms with Crippen molar-refractivity contribution in [3.8, 4) is 11.3 Å². The molecule has 27 heavy (non-hydrogen) atoms. The fraction of sp³-hybridized carbons (Fsp3) is 0. The Morgan fingerprint density at radius 1 is 1.11 bits per heavy atom. The summed E-state index contributed by atoms with van der Waals surface area (Å²) < 4.78 is 14.2. The summed E-state index contributed by atoms with van der Waals surface area (Å²) in [6.07, 6.45) is 0. The van der Waals surface area contributed by atoms with Crippen molar-refractivity contribution in [3.05, 3.63) is 70.6 Å². The lowest BCUT2D eigenvalue weighted by molar-refractivity contribution is 0.0696. The fourth-order valence-corrected chi connectivity index (χ4v) is 2.65. The van der Waals surface area contributed by atoms with E-state index in [1.165, 1.54) is 48.5 Å². The van der Waals surface area contributed by atoms with Gasteiger partial charge in [-0.2, -0.15) is 0 Å². The van der Waals surface area contributed by atoms with Crippen molar-refractivity contribution in [1.29, 1.82) is 0 Å². The second kappa shape index (κ2) is 7.38. The summed E-state index contributed by atoms with van der Waals surface area (Å²) in [4.78, 5) is 22.6. The zero-order valence-corrected chi connectivity index (χ0v) is 14.4. The Kier molecular flexibility index (Phi) is 5.00. The topological polar surface area (TPSA) is 118 Å². The number of aromatic carboxylic acids is 1. The molecule has 3 rings (SSSR count). The summed E-state index contributed by atoms with van der Waals surface area (Å²) in [6, 6.07) is 11.4. The maximum atomic E-state index is 14.2. The first-order valence-electron chi connectivity index (χ1n) is 7.59. The van der Waals surface area contributed by atoms with Gasteiger partial charge in [0.05, 0.1) is 27.5 Å². The lowest BCUT2D eigenvalue weighted by atomic mass is 10.1. The molecule has 2 aromatic carbocycles. The fourth-order valence-electron chi connectivity index (χ4n) is 2.39. The Bertz CT molecular complexity index is 1020. The Hall–Kier alpha value is -3.52. The Labute approximate surface area is 157 Å². The van der Waals surface area contributed by atoms with Gasteiger partial charge in [-0.05, 0) is 42.5 Å². The summed E-state index contributed by atoms with van der Waals surface area (Å²) in [5.41, 5.74) is 6.05. The third kappa shape index (κ3) is 3.85. The number of halogens is 2. The molecule has 9 heteroatoms. The number of hydrogen-bond donors (Lipinski definition) is 3. The van der Waals surface area contributed by atoms with Crippen LogP contribution in [-0.4, -0.2) is 27.2 Å². The quantitative estimate of drug-likeness (QED) is 0.617. The van der Waals surface area contributed by atoms with Crippen LogP contribution in [0.1, 0.15) is 20.8 Å². The van der Waals surface area contributed by atoms with E-state index in [0.717, 1.165) is 0 Å². The summed E-state index contributed by atoms with van der Waals surface area (Å²) in [6.45, 7) is 0. The van der Waals surface area contributed by atoms with Crippen LogP contribution in [0, 0.1) is 5.82 Å². The summed E-state index contributed by atoms with van der Waals surface area (Å²) in [5, 5.41) is 19.6. The molecule has 7 nitrogen and oxygen atoms in total. The maximum Gasteiger partial charge on any atom is 0.335 e. The standard InChI is InChI=1S/C18H12ClFN4O3/c19-11-2-1-3-12(20)15(11)13-8-14(16(17(21)25)24-23-13)22-10-6-4-9(5-7-10)18(26)27/h1-8H,(H2,21,25)(H,22,23)(H,26,27). The predicted molar refractivity (Wildman–Crippen MR) is 97.6 cm³/mol. The first kappa shape index (κ1) is 18.3. The van der Waals surface area contributed by atoms with Crippen molar-refractivity contribution < 1.29 is 19.1 Å². The molecule has 0 radical (unpaired) electrons. The van der Waals surface area contributed by atoms with E-state index >= 15 is 0 Å². The van der Waals surface area contributed by atoms with Crippen molar-refractivity contribution in [3.63, 3.8) is 0 Å². The highest BCUT2D eigenvalue weighted by atomic mass is 35.5. The number of aromatic nitrogens is 2. The molecule has 0 atom stereocenters. The minimum Gasteiger partial charge on any atom is -0.478 e. The molecule has 0 bridgehead atoms. The van der Waals surface area contributed by atoms with Crippen LogP contribution >= 0.6 is 11.6 Å². The van der Waals surface area contributed by atoms with Gasteiger partial charge in [-0.3, -0.25) is 4.79 Å². The number of nitrogens with two attached hydrogens (primary N) is 1. The van der Waals surface area contributed by atoms with Crippen LogP contribution in [0.2, 0.25) is 5.02 Å². The smallest absolute Gasteiger partial charge is 0.335 e. The van der Waals surface area contributed by atoms with Crippen LogP contribution in [0.5, 0.6) is 0 Å². The molecule has 3 aromatic rings. The van der Waals surface area contributed by atoms with Crippen molar-refractivity contribution >= 4 is 34.9 Å². The van der Waals surface area contributed by atoms with Gasteiger partial charge in [0.2, 0.25) is 0 Å². The number of primary amides is 1. The predicted octanol–water partition coefficient (Wildman–Crippen LogP) is 3.48. The van der Waals surface area contributed by atoms with E-state index in [2.05, 4.69) is 15.5 Å². The average molecular weight is 387 g/mol. The van der Waals surface area contributed by atoms with Gasteiger partial charge in [-0.15, -0.1) is 10.2 Å². The van der Waals surface area contributed by atoms with Gasteiger partial charge in [0.1, 0.15) is 5.82 Å². The molecular formula is C18H12ClFN4O3. The number of carbonyl (C=O) groups excluding carboxylic acids is 1. The summed E-state index contributed by atoms with van der Waals surface area (Å²) in [7, 11) is 0. The maximum absolute atomic E-state index is 14.2. The van der Waals surface area contributed by atoms with E-state index < -0.39 is 17.7 Å². The molecule has 1 amide bonds. The van der Waals surface area contributed by atoms with E-state index in [4.69, 9.17) is 22.4 Å². The summed E-state index contributed by atoms with van der Waals surface area (Å²) in [5.74, 6) is -2.50. The zero-order valence-electron chi connectivity index (χ0n) is 13.6. The molecule has 1 heterocycles. The number of benzene rings is 2. The van der Waals surface area contributed by atoms with E-state index in [-0.39, 0.29) is 33.2 Å². The Balaban J connectivity index is 2.05. The zero-order chi connectivity index (χ0) is 19.6. The molecule has 0 saturated heterocycles. The molecule has 0 aliphatic carbocycles. The highest BCUT2D eigenvalue weighted by Gasteiger charge is 2.17. The van der Waals surface area contributed by atoms with Crippen LogP contribution in [0.3, 0.4) is 0 Å². The molecule has 4 N–H and O–H groups in total. The van der Waals surface area contributed by atoms with Gasteiger partial charge in [-0.25, -0.2) is 9.18 Å². The van der Waals surface area contributed by atoms with Crippen molar-refractivity contribution in [2.45, 2.75) is 0 Å². The number of carbonyl (C=O) groups is 2. The van der Waals surface area contributed by atoms with E-state index in [9.17, 15) is 14.0 Å². The monoisotopic (exact) mass is 386 g/mol. The molecular weight excluding hydrogens is 375 g/mol. The van der Waals surface area contributed by atoms with Crippen LogP contribution < -0.4 is 11.1 Å². The Morgan fingerprint density at radius 3 is 2.41 bits per heavy atom. The minimum absolute atomic E-state index is 0.0342. The highest BCUT2D eigenvalue weighted by Crippen LogP contribution is 2.31. The highest BCUT2D eigenvalue weighted by molar-refractivity contribution is 6.33. The molecule has 136 valence electrons. The first-order chi connectivity index (χ1) is 12.9. The largest absolute Gasteiger partial charge is 0.478 e. The van der Waals surface area contributed by atoms with Crippen LogP contribution in [0.4, 0.5) is 15.8 Å². The van der Waals surface area contributed by atoms with E-state index in [1.807, 2.05) is 0 Å². The van der Waals surface area contributed by atoms with Crippen LogP contribution in [0.25, 0.3) is 11.3 Å². The second-order valence-corrected chi connectivity index (χ2v) is 5.87. The van der Waals surface area contributed by atoms with Crippen molar-refractivity contribution in [2.75, 3.05) is 5.32 Å². The number of nitrogens with one attached hydrogen (secondary N) is 1. The van der Waals surface area contributed by atoms with Gasteiger partial charge in [0, 0.05) is 5.69 Å². The van der Waals surface area contributed by atoms with Gasteiger partial charge in [-0.1, -0.05) is 17.7 Å². The minimum atomic E-state index is -1.07. The first-order valence-corrected chi connectivity index (χ1v) is 7.97. The summed E-state index contributed by atoms with van der Waals surface area (Å²) >= 11 is 6.05. The third-order valence-corrected chi connectivity index (χ3v) is 3.97. The number of amides is 1. The van der Waals surface area contributed by atoms with Gasteiger partial charge >= 0.3 is 5.97 Å². The van der Waals surface area contributed by atoms with Gasteiger partial charge in [0.15, 0.2) is 5.69 Å². The number of hydrogen-bond acceptors (Lipinski definition) is 5. The number of carboxylic acids is 1. The SMILES string of the molecule is NC(=O)c1nnc(-c2c(F)cccc2Cl)cc1Nc1ccc(C(=O)O)cc1. The third-order valence-electron chi connectivity index (χ3n) is 3.66. The molecule has 0 unspecified atom stereocenters. The lowest BCUT2D eigenvalue weighted by Crippen LogP contribution is -2.16. The number of rotatable bonds is 5. The average Bonchev–Trinajstić information content (AvgIpc) is 2.62. The Morgan fingerprint density at radius 2 is 1.81 bits per heavy atom. The molecule has 0 spiro atoms. The van der Waals surface area contributed by atoms with Crippen molar-refractivity contribution in [2.24, 2.45) is 5.73 Å². The molecule has 0 fully saturated rings. The molecule has 0 aliphatic heterocycles. The number of carboxylic acid groups (broad SMARTS) is 1. The van der Waals surface area contributed by atoms with E-state index in [1.54, 1.807) is 0 Å². The van der Waals surface area contributed by atoms with Crippen LogP contribution in [-0.2, 0) is 0 Å². The lowest BCUT2D eigenvalue weighted by Gasteiger charge is -2.12. The normalized spacial score (nSPS) is 10.4. The molecule has 1 aromatic heterocycles.